The number of pyridine rings is 1. The van der Waals surface area contributed by atoms with Gasteiger partial charge in [-0.2, -0.15) is 9.37 Å². The second-order valence-corrected chi connectivity index (χ2v) is 5.51. The van der Waals surface area contributed by atoms with E-state index in [0.717, 1.165) is 0 Å². The molecule has 0 aliphatic rings. The fourth-order valence-corrected chi connectivity index (χ4v) is 2.35. The van der Waals surface area contributed by atoms with Gasteiger partial charge in [0.05, 0.1) is 5.69 Å². The number of hydrogen-bond donors (Lipinski definition) is 1. The SMILES string of the molecule is CCC(CC)(CC)OC(=O)COc1nc(F)c(Cl)c(N)c1Cl. The predicted octanol–water partition coefficient (Wildman–Crippen LogP) is 4.00. The van der Waals surface area contributed by atoms with E-state index in [0.29, 0.717) is 19.3 Å². The second kappa shape index (κ2) is 7.83. The molecule has 1 aromatic rings. The van der Waals surface area contributed by atoms with E-state index in [2.05, 4.69) is 4.98 Å². The molecule has 0 amide bonds. The Balaban J connectivity index is 2.77. The number of halogens is 3. The number of nitrogens with two attached hydrogens (primary N) is 1. The number of nitrogen functional groups attached to an aromatic ring is 1. The number of anilines is 1. The van der Waals surface area contributed by atoms with Gasteiger partial charge in [-0.3, -0.25) is 0 Å². The van der Waals surface area contributed by atoms with Crippen molar-refractivity contribution in [3.8, 4) is 5.88 Å². The van der Waals surface area contributed by atoms with Crippen molar-refractivity contribution in [1.29, 1.82) is 0 Å². The maximum atomic E-state index is 13.4. The third kappa shape index (κ3) is 4.14. The molecule has 1 rings (SSSR count). The van der Waals surface area contributed by atoms with Crippen LogP contribution in [0.2, 0.25) is 10.0 Å². The Kier molecular flexibility index (Phi) is 6.68. The highest BCUT2D eigenvalue weighted by Crippen LogP contribution is 2.35. The quantitative estimate of drug-likeness (QED) is 0.592. The molecule has 1 aromatic heterocycles. The van der Waals surface area contributed by atoms with Crippen LogP contribution in [0.3, 0.4) is 0 Å². The number of hydrogen-bond acceptors (Lipinski definition) is 5. The molecule has 0 aliphatic heterocycles. The minimum atomic E-state index is -1.02. The van der Waals surface area contributed by atoms with Gasteiger partial charge < -0.3 is 15.2 Å². The van der Waals surface area contributed by atoms with Gasteiger partial charge in [0.15, 0.2) is 6.61 Å². The Morgan fingerprint density at radius 1 is 1.23 bits per heavy atom. The van der Waals surface area contributed by atoms with E-state index in [1.165, 1.54) is 0 Å². The molecular weight excluding hydrogens is 334 g/mol. The van der Waals surface area contributed by atoms with Crippen LogP contribution in [0.4, 0.5) is 10.1 Å². The number of carbonyl (C=O) groups is 1. The van der Waals surface area contributed by atoms with E-state index in [1.54, 1.807) is 0 Å². The van der Waals surface area contributed by atoms with Gasteiger partial charge in [0.1, 0.15) is 15.6 Å². The Labute approximate surface area is 138 Å². The fourth-order valence-electron chi connectivity index (χ4n) is 1.97. The molecule has 0 aromatic carbocycles. The Bertz CT molecular complexity index is 543. The summed E-state index contributed by atoms with van der Waals surface area (Å²) in [7, 11) is 0. The number of esters is 1. The lowest BCUT2D eigenvalue weighted by atomic mass is 9.94. The van der Waals surface area contributed by atoms with Gasteiger partial charge in [-0.15, -0.1) is 0 Å². The van der Waals surface area contributed by atoms with E-state index in [4.69, 9.17) is 38.4 Å². The fraction of sp³-hybridized carbons (Fsp3) is 0.571. The molecule has 0 bridgehead atoms. The third-order valence-electron chi connectivity index (χ3n) is 3.63. The molecule has 0 saturated heterocycles. The minimum absolute atomic E-state index is 0.146. The lowest BCUT2D eigenvalue weighted by molar-refractivity contribution is -0.163. The van der Waals surface area contributed by atoms with Crippen molar-refractivity contribution >= 4 is 34.9 Å². The van der Waals surface area contributed by atoms with Crippen LogP contribution in [0.1, 0.15) is 40.0 Å². The van der Waals surface area contributed by atoms with Crippen molar-refractivity contribution < 1.29 is 18.7 Å². The summed E-state index contributed by atoms with van der Waals surface area (Å²) >= 11 is 11.4. The molecule has 124 valence electrons. The van der Waals surface area contributed by atoms with Crippen molar-refractivity contribution in [2.75, 3.05) is 12.3 Å². The second-order valence-electron chi connectivity index (χ2n) is 4.76. The average Bonchev–Trinajstić information content (AvgIpc) is 2.53. The van der Waals surface area contributed by atoms with Crippen LogP contribution < -0.4 is 10.5 Å². The molecule has 1 heterocycles. The highest BCUT2D eigenvalue weighted by molar-refractivity contribution is 6.39. The van der Waals surface area contributed by atoms with Crippen LogP contribution >= 0.6 is 23.2 Å². The van der Waals surface area contributed by atoms with Gasteiger partial charge in [0.2, 0.25) is 11.8 Å². The van der Waals surface area contributed by atoms with Gasteiger partial charge >= 0.3 is 5.97 Å². The summed E-state index contributed by atoms with van der Waals surface area (Å²) < 4.78 is 23.9. The van der Waals surface area contributed by atoms with Crippen LogP contribution in [0.15, 0.2) is 0 Å². The minimum Gasteiger partial charge on any atom is -0.464 e. The van der Waals surface area contributed by atoms with Gasteiger partial charge in [0.25, 0.3) is 0 Å². The topological polar surface area (TPSA) is 74.4 Å². The van der Waals surface area contributed by atoms with Gasteiger partial charge in [-0.25, -0.2) is 4.79 Å². The van der Waals surface area contributed by atoms with Crippen LogP contribution in [0, 0.1) is 5.95 Å². The molecule has 2 N–H and O–H groups in total. The highest BCUT2D eigenvalue weighted by Gasteiger charge is 2.29. The van der Waals surface area contributed by atoms with Crippen molar-refractivity contribution in [2.24, 2.45) is 0 Å². The zero-order valence-electron chi connectivity index (χ0n) is 12.7. The number of carbonyl (C=O) groups excluding carboxylic acids is 1. The van der Waals surface area contributed by atoms with Crippen LogP contribution in [0.25, 0.3) is 0 Å². The van der Waals surface area contributed by atoms with Crippen molar-refractivity contribution in [2.45, 2.75) is 45.6 Å². The molecule has 8 heteroatoms. The number of ether oxygens (including phenoxy) is 2. The van der Waals surface area contributed by atoms with Gasteiger partial charge in [0, 0.05) is 0 Å². The molecule has 0 saturated carbocycles. The van der Waals surface area contributed by atoms with E-state index < -0.39 is 24.1 Å². The van der Waals surface area contributed by atoms with E-state index >= 15 is 0 Å². The summed E-state index contributed by atoms with van der Waals surface area (Å²) in [5.74, 6) is -1.90. The van der Waals surface area contributed by atoms with Crippen LogP contribution in [-0.2, 0) is 9.53 Å². The lowest BCUT2D eigenvalue weighted by Crippen LogP contribution is -2.35. The maximum absolute atomic E-state index is 13.4. The summed E-state index contributed by atoms with van der Waals surface area (Å²) in [6, 6.07) is 0. The summed E-state index contributed by atoms with van der Waals surface area (Å²) in [6.07, 6.45) is 2.06. The highest BCUT2D eigenvalue weighted by atomic mass is 35.5. The average molecular weight is 353 g/mol. The molecule has 0 spiro atoms. The van der Waals surface area contributed by atoms with E-state index in [-0.39, 0.29) is 21.6 Å². The Hall–Kier alpha value is -1.27. The number of nitrogens with zero attached hydrogens (tertiary/aromatic N) is 1. The summed E-state index contributed by atoms with van der Waals surface area (Å²) in [5, 5.41) is -0.533. The molecule has 0 unspecified atom stereocenters. The zero-order valence-corrected chi connectivity index (χ0v) is 14.2. The number of aromatic nitrogens is 1. The van der Waals surface area contributed by atoms with Crippen LogP contribution in [-0.4, -0.2) is 23.2 Å². The molecule has 0 radical (unpaired) electrons. The van der Waals surface area contributed by atoms with Crippen molar-refractivity contribution in [3.63, 3.8) is 0 Å². The predicted molar refractivity (Wildman–Crippen MR) is 83.8 cm³/mol. The summed E-state index contributed by atoms with van der Waals surface area (Å²) in [4.78, 5) is 15.3. The maximum Gasteiger partial charge on any atom is 0.344 e. The van der Waals surface area contributed by atoms with Gasteiger partial charge in [-0.1, -0.05) is 44.0 Å². The first-order valence-corrected chi connectivity index (χ1v) is 7.70. The molecule has 0 atom stereocenters. The first-order chi connectivity index (χ1) is 10.3. The molecule has 5 nitrogen and oxygen atoms in total. The van der Waals surface area contributed by atoms with Crippen molar-refractivity contribution in [3.05, 3.63) is 16.0 Å². The number of rotatable bonds is 7. The molecule has 0 fully saturated rings. The standard InChI is InChI=1S/C14H19Cl2FN2O3/c1-4-14(5-2,6-3)22-8(20)7-21-13-10(16)11(18)9(15)12(17)19-13/h4-7H2,1-3H3,(H2,18,19). The van der Waals surface area contributed by atoms with E-state index in [1.807, 2.05) is 20.8 Å². The third-order valence-corrected chi connectivity index (χ3v) is 4.36. The van der Waals surface area contributed by atoms with Crippen LogP contribution in [0.5, 0.6) is 5.88 Å². The largest absolute Gasteiger partial charge is 0.464 e. The van der Waals surface area contributed by atoms with Gasteiger partial charge in [-0.05, 0) is 19.3 Å². The smallest absolute Gasteiger partial charge is 0.344 e. The molecular formula is C14H19Cl2FN2O3. The monoisotopic (exact) mass is 352 g/mol. The Morgan fingerprint density at radius 3 is 2.27 bits per heavy atom. The molecule has 0 aliphatic carbocycles. The summed E-state index contributed by atoms with van der Waals surface area (Å²) in [5.41, 5.74) is 4.80. The summed E-state index contributed by atoms with van der Waals surface area (Å²) in [6.45, 7) is 5.37. The molecule has 22 heavy (non-hydrogen) atoms. The first kappa shape index (κ1) is 18.8. The lowest BCUT2D eigenvalue weighted by Gasteiger charge is -2.30. The zero-order chi connectivity index (χ0) is 16.9. The van der Waals surface area contributed by atoms with E-state index in [9.17, 15) is 9.18 Å². The normalized spacial score (nSPS) is 11.4. The Morgan fingerprint density at radius 2 is 1.77 bits per heavy atom. The van der Waals surface area contributed by atoms with Crippen molar-refractivity contribution in [1.82, 2.24) is 4.98 Å². The first-order valence-electron chi connectivity index (χ1n) is 6.94.